The third-order valence-electron chi connectivity index (χ3n) is 1.35. The molecule has 3 N–H and O–H groups in total. The molecule has 0 rings (SSSR count). The summed E-state index contributed by atoms with van der Waals surface area (Å²) < 4.78 is 51.8. The standard InChI is InChI=1S/C7H12F4N2O/c8-6(9)7(10,11)4-14-3-1-2-5(12)13/h6H,1-4H2,(H3,12,13). The van der Waals surface area contributed by atoms with Crippen LogP contribution >= 0.6 is 0 Å². The molecule has 7 heteroatoms. The minimum absolute atomic E-state index is 0.0887. The van der Waals surface area contributed by atoms with Gasteiger partial charge in [-0.25, -0.2) is 8.78 Å². The summed E-state index contributed by atoms with van der Waals surface area (Å²) in [5.74, 6) is -4.19. The van der Waals surface area contributed by atoms with Crippen molar-refractivity contribution in [2.75, 3.05) is 13.2 Å². The van der Waals surface area contributed by atoms with Crippen LogP contribution in [0.3, 0.4) is 0 Å². The molecule has 0 unspecified atom stereocenters. The van der Waals surface area contributed by atoms with Crippen LogP contribution in [0.1, 0.15) is 12.8 Å². The number of ether oxygens (including phenoxy) is 1. The van der Waals surface area contributed by atoms with Gasteiger partial charge < -0.3 is 10.5 Å². The highest BCUT2D eigenvalue weighted by molar-refractivity contribution is 5.76. The van der Waals surface area contributed by atoms with E-state index < -0.39 is 19.0 Å². The fourth-order valence-corrected chi connectivity index (χ4v) is 0.636. The van der Waals surface area contributed by atoms with Crippen LogP contribution in [0.5, 0.6) is 0 Å². The number of rotatable bonds is 7. The van der Waals surface area contributed by atoms with Crippen molar-refractivity contribution in [2.45, 2.75) is 25.2 Å². The SMILES string of the molecule is N=C(N)CCCOCC(F)(F)C(F)F. The second-order valence-corrected chi connectivity index (χ2v) is 2.74. The van der Waals surface area contributed by atoms with Crippen molar-refractivity contribution in [3.8, 4) is 0 Å². The summed E-state index contributed by atoms with van der Waals surface area (Å²) in [6.07, 6.45) is -3.23. The molecule has 0 aliphatic rings. The molecule has 3 nitrogen and oxygen atoms in total. The average molecular weight is 216 g/mol. The van der Waals surface area contributed by atoms with E-state index in [4.69, 9.17) is 11.1 Å². The number of nitrogens with two attached hydrogens (primary N) is 1. The van der Waals surface area contributed by atoms with Gasteiger partial charge in [-0.05, 0) is 6.42 Å². The Bertz CT molecular complexity index is 187. The Morgan fingerprint density at radius 2 is 2.00 bits per heavy atom. The van der Waals surface area contributed by atoms with Crippen LogP contribution < -0.4 is 5.73 Å². The van der Waals surface area contributed by atoms with Gasteiger partial charge in [0, 0.05) is 13.0 Å². The minimum atomic E-state index is -4.10. The largest absolute Gasteiger partial charge is 0.388 e. The molecular formula is C7H12F4N2O. The normalized spacial score (nSPS) is 12.1. The molecule has 0 saturated carbocycles. The first-order chi connectivity index (χ1) is 6.36. The summed E-state index contributed by atoms with van der Waals surface area (Å²) in [7, 11) is 0. The third kappa shape index (κ3) is 5.74. The lowest BCUT2D eigenvalue weighted by atomic mass is 10.3. The van der Waals surface area contributed by atoms with E-state index in [1.54, 1.807) is 0 Å². The molecule has 0 aliphatic carbocycles. The molecule has 0 amide bonds. The van der Waals surface area contributed by atoms with E-state index in [1.165, 1.54) is 0 Å². The summed E-state index contributed by atoms with van der Waals surface area (Å²) in [6, 6.07) is 0. The highest BCUT2D eigenvalue weighted by Gasteiger charge is 2.40. The fraction of sp³-hybridized carbons (Fsp3) is 0.857. The Hall–Kier alpha value is -0.850. The Morgan fingerprint density at radius 3 is 2.43 bits per heavy atom. The van der Waals surface area contributed by atoms with E-state index in [0.717, 1.165) is 0 Å². The quantitative estimate of drug-likeness (QED) is 0.294. The first-order valence-corrected chi connectivity index (χ1v) is 3.93. The fourth-order valence-electron chi connectivity index (χ4n) is 0.636. The molecular weight excluding hydrogens is 204 g/mol. The molecule has 0 saturated heterocycles. The summed E-state index contributed by atoms with van der Waals surface area (Å²) in [6.45, 7) is -1.41. The van der Waals surface area contributed by atoms with E-state index in [9.17, 15) is 17.6 Å². The molecule has 0 aromatic heterocycles. The van der Waals surface area contributed by atoms with E-state index in [0.29, 0.717) is 0 Å². The number of hydrogen-bond acceptors (Lipinski definition) is 2. The van der Waals surface area contributed by atoms with Gasteiger partial charge in [-0.15, -0.1) is 0 Å². The molecule has 0 bridgehead atoms. The highest BCUT2D eigenvalue weighted by atomic mass is 19.3. The molecule has 14 heavy (non-hydrogen) atoms. The van der Waals surface area contributed by atoms with Crippen LogP contribution in [-0.4, -0.2) is 31.4 Å². The van der Waals surface area contributed by atoms with Gasteiger partial charge >= 0.3 is 12.3 Å². The monoisotopic (exact) mass is 216 g/mol. The predicted octanol–water partition coefficient (Wildman–Crippen LogP) is 1.62. The first kappa shape index (κ1) is 13.2. The highest BCUT2D eigenvalue weighted by Crippen LogP contribution is 2.22. The molecule has 0 fully saturated rings. The zero-order chi connectivity index (χ0) is 11.2. The van der Waals surface area contributed by atoms with Crippen molar-refractivity contribution >= 4 is 5.84 Å². The van der Waals surface area contributed by atoms with Gasteiger partial charge in [0.05, 0.1) is 5.84 Å². The maximum absolute atomic E-state index is 12.2. The van der Waals surface area contributed by atoms with Gasteiger partial charge in [0.25, 0.3) is 0 Å². The van der Waals surface area contributed by atoms with Crippen molar-refractivity contribution in [2.24, 2.45) is 5.73 Å². The van der Waals surface area contributed by atoms with E-state index in [1.807, 2.05) is 0 Å². The summed E-state index contributed by atoms with van der Waals surface area (Å²) >= 11 is 0. The van der Waals surface area contributed by atoms with Crippen LogP contribution in [0.2, 0.25) is 0 Å². The lowest BCUT2D eigenvalue weighted by molar-refractivity contribution is -0.165. The van der Waals surface area contributed by atoms with E-state index in [2.05, 4.69) is 4.74 Å². The zero-order valence-corrected chi connectivity index (χ0v) is 7.40. The molecule has 0 radical (unpaired) electrons. The van der Waals surface area contributed by atoms with Gasteiger partial charge in [0.2, 0.25) is 0 Å². The van der Waals surface area contributed by atoms with Crippen molar-refractivity contribution in [3.05, 3.63) is 0 Å². The van der Waals surface area contributed by atoms with Crippen LogP contribution in [-0.2, 0) is 4.74 Å². The molecule has 0 aromatic rings. The van der Waals surface area contributed by atoms with Crippen LogP contribution in [0.15, 0.2) is 0 Å². The average Bonchev–Trinajstić information content (AvgIpc) is 2.02. The Kier molecular flexibility index (Phi) is 5.44. The first-order valence-electron chi connectivity index (χ1n) is 3.93. The van der Waals surface area contributed by atoms with Crippen LogP contribution in [0, 0.1) is 5.41 Å². The predicted molar refractivity (Wildman–Crippen MR) is 42.9 cm³/mol. The van der Waals surface area contributed by atoms with Gasteiger partial charge in [0.1, 0.15) is 6.61 Å². The molecule has 0 aromatic carbocycles. The van der Waals surface area contributed by atoms with Crippen molar-refractivity contribution in [1.29, 1.82) is 5.41 Å². The molecule has 84 valence electrons. The summed E-state index contributed by atoms with van der Waals surface area (Å²) in [5.41, 5.74) is 4.97. The molecule has 0 spiro atoms. The van der Waals surface area contributed by atoms with Crippen molar-refractivity contribution in [1.82, 2.24) is 0 Å². The smallest absolute Gasteiger partial charge is 0.330 e. The lowest BCUT2D eigenvalue weighted by Gasteiger charge is -2.14. The number of nitrogens with one attached hydrogen (secondary N) is 1. The van der Waals surface area contributed by atoms with Crippen molar-refractivity contribution < 1.29 is 22.3 Å². The Morgan fingerprint density at radius 1 is 1.43 bits per heavy atom. The van der Waals surface area contributed by atoms with Gasteiger partial charge in [-0.3, -0.25) is 5.41 Å². The maximum atomic E-state index is 12.2. The number of hydrogen-bond donors (Lipinski definition) is 2. The minimum Gasteiger partial charge on any atom is -0.388 e. The summed E-state index contributed by atoms with van der Waals surface area (Å²) in [4.78, 5) is 0. The third-order valence-corrected chi connectivity index (χ3v) is 1.35. The number of alkyl halides is 4. The topological polar surface area (TPSA) is 59.1 Å². The Balaban J connectivity index is 3.49. The lowest BCUT2D eigenvalue weighted by Crippen LogP contribution is -2.32. The van der Waals surface area contributed by atoms with E-state index in [-0.39, 0.29) is 25.3 Å². The second-order valence-electron chi connectivity index (χ2n) is 2.74. The van der Waals surface area contributed by atoms with E-state index >= 15 is 0 Å². The number of amidine groups is 1. The van der Waals surface area contributed by atoms with Gasteiger partial charge in [-0.1, -0.05) is 0 Å². The zero-order valence-electron chi connectivity index (χ0n) is 7.40. The molecule has 0 aliphatic heterocycles. The van der Waals surface area contributed by atoms with Gasteiger partial charge in [0.15, 0.2) is 0 Å². The van der Waals surface area contributed by atoms with Crippen LogP contribution in [0.4, 0.5) is 17.6 Å². The second kappa shape index (κ2) is 5.79. The molecule has 0 heterocycles. The van der Waals surface area contributed by atoms with Gasteiger partial charge in [-0.2, -0.15) is 8.78 Å². The van der Waals surface area contributed by atoms with Crippen molar-refractivity contribution in [3.63, 3.8) is 0 Å². The maximum Gasteiger partial charge on any atom is 0.330 e. The number of halogens is 4. The Labute approximate surface area is 78.7 Å². The molecule has 0 atom stereocenters. The summed E-state index contributed by atoms with van der Waals surface area (Å²) in [5, 5.41) is 6.77. The van der Waals surface area contributed by atoms with Crippen LogP contribution in [0.25, 0.3) is 0 Å².